The molecule has 1 aromatic rings. The van der Waals surface area contributed by atoms with Gasteiger partial charge in [0.2, 0.25) is 5.75 Å². The van der Waals surface area contributed by atoms with Crippen LogP contribution in [0.15, 0.2) is 18.2 Å². The van der Waals surface area contributed by atoms with Crippen LogP contribution in [0.1, 0.15) is 6.92 Å². The summed E-state index contributed by atoms with van der Waals surface area (Å²) in [6.45, 7) is 4.52. The molecule has 1 rings (SSSR count). The molecule has 0 saturated heterocycles. The molecule has 7 nitrogen and oxygen atoms in total. The van der Waals surface area contributed by atoms with Crippen LogP contribution in [0.4, 0.5) is 0 Å². The van der Waals surface area contributed by atoms with Crippen LogP contribution in [0, 0.1) is 0 Å². The third kappa shape index (κ3) is 8.03. The summed E-state index contributed by atoms with van der Waals surface area (Å²) in [7, 11) is 3.23. The van der Waals surface area contributed by atoms with Gasteiger partial charge in [0.05, 0.1) is 33.0 Å². The molecule has 0 aliphatic carbocycles. The molecular formula is C16H26O7. The topological polar surface area (TPSA) is 64.6 Å². The molecule has 0 aliphatic heterocycles. The number of para-hydroxylation sites is 1. The second-order valence-electron chi connectivity index (χ2n) is 4.34. The Kier molecular flexibility index (Phi) is 11.0. The lowest BCUT2D eigenvalue weighted by Gasteiger charge is -2.16. The van der Waals surface area contributed by atoms with Crippen LogP contribution in [0.3, 0.4) is 0 Å². The van der Waals surface area contributed by atoms with E-state index in [1.807, 2.05) is 19.1 Å². The number of methoxy groups -OCH3 is 2. The SMILES string of the molecule is CCOc1cccc(OCOCCOC)c1OCOCCOC. The number of hydrogen-bond acceptors (Lipinski definition) is 7. The van der Waals surface area contributed by atoms with Gasteiger partial charge in [-0.3, -0.25) is 0 Å². The molecule has 0 spiro atoms. The lowest BCUT2D eigenvalue weighted by atomic mass is 10.3. The maximum atomic E-state index is 5.64. The molecule has 0 unspecified atom stereocenters. The summed E-state index contributed by atoms with van der Waals surface area (Å²) in [6.07, 6.45) is 0. The van der Waals surface area contributed by atoms with E-state index in [4.69, 9.17) is 33.2 Å². The van der Waals surface area contributed by atoms with Gasteiger partial charge in [-0.1, -0.05) is 6.07 Å². The summed E-state index contributed by atoms with van der Waals surface area (Å²) >= 11 is 0. The quantitative estimate of drug-likeness (QED) is 0.382. The minimum atomic E-state index is 0.0777. The first kappa shape index (κ1) is 19.5. The van der Waals surface area contributed by atoms with Gasteiger partial charge in [-0.05, 0) is 19.1 Å². The normalized spacial score (nSPS) is 10.6. The Morgan fingerprint density at radius 2 is 1.30 bits per heavy atom. The Hall–Kier alpha value is -1.54. The van der Waals surface area contributed by atoms with Gasteiger partial charge in [0.1, 0.15) is 0 Å². The predicted molar refractivity (Wildman–Crippen MR) is 84.3 cm³/mol. The van der Waals surface area contributed by atoms with Crippen molar-refractivity contribution in [2.75, 3.05) is 60.8 Å². The largest absolute Gasteiger partial charge is 0.490 e. The highest BCUT2D eigenvalue weighted by atomic mass is 16.7. The molecule has 0 aliphatic rings. The smallest absolute Gasteiger partial charge is 0.206 e. The van der Waals surface area contributed by atoms with Crippen molar-refractivity contribution in [1.29, 1.82) is 0 Å². The van der Waals surface area contributed by atoms with E-state index in [-0.39, 0.29) is 13.6 Å². The third-order valence-electron chi connectivity index (χ3n) is 2.69. The second-order valence-corrected chi connectivity index (χ2v) is 4.34. The van der Waals surface area contributed by atoms with Crippen LogP contribution >= 0.6 is 0 Å². The highest BCUT2D eigenvalue weighted by Crippen LogP contribution is 2.37. The molecule has 0 heterocycles. The van der Waals surface area contributed by atoms with E-state index in [0.29, 0.717) is 50.3 Å². The summed E-state index contributed by atoms with van der Waals surface area (Å²) in [5, 5.41) is 0. The number of rotatable bonds is 14. The zero-order valence-corrected chi connectivity index (χ0v) is 14.0. The molecule has 0 saturated carbocycles. The summed E-state index contributed by atoms with van der Waals surface area (Å²) in [5.41, 5.74) is 0. The van der Waals surface area contributed by atoms with Crippen LogP contribution in [-0.4, -0.2) is 60.8 Å². The molecule has 0 bridgehead atoms. The maximum absolute atomic E-state index is 5.64. The van der Waals surface area contributed by atoms with Crippen molar-refractivity contribution in [2.45, 2.75) is 6.92 Å². The lowest BCUT2D eigenvalue weighted by molar-refractivity contribution is -0.0216. The molecule has 0 N–H and O–H groups in total. The fourth-order valence-electron chi connectivity index (χ4n) is 1.63. The first-order chi connectivity index (χ1) is 11.3. The standard InChI is InChI=1S/C16H26O7/c1-4-21-14-6-5-7-15(22-12-19-10-8-17-2)16(14)23-13-20-11-9-18-3/h5-7H,4,8-13H2,1-3H3. The monoisotopic (exact) mass is 330 g/mol. The van der Waals surface area contributed by atoms with Gasteiger partial charge in [0.15, 0.2) is 25.1 Å². The predicted octanol–water partition coefficient (Wildman–Crippen LogP) is 2.08. The van der Waals surface area contributed by atoms with E-state index in [0.717, 1.165) is 0 Å². The number of ether oxygens (including phenoxy) is 7. The Balaban J connectivity index is 2.57. The van der Waals surface area contributed by atoms with Gasteiger partial charge < -0.3 is 33.2 Å². The number of hydrogen-bond donors (Lipinski definition) is 0. The fourth-order valence-corrected chi connectivity index (χ4v) is 1.63. The Morgan fingerprint density at radius 1 is 0.739 bits per heavy atom. The maximum Gasteiger partial charge on any atom is 0.206 e. The summed E-state index contributed by atoms with van der Waals surface area (Å²) in [6, 6.07) is 5.42. The summed E-state index contributed by atoms with van der Waals surface area (Å²) < 4.78 is 37.2. The molecule has 0 radical (unpaired) electrons. The van der Waals surface area contributed by atoms with Crippen LogP contribution in [0.5, 0.6) is 17.2 Å². The average molecular weight is 330 g/mol. The van der Waals surface area contributed by atoms with Crippen molar-refractivity contribution < 1.29 is 33.2 Å². The molecule has 23 heavy (non-hydrogen) atoms. The van der Waals surface area contributed by atoms with Crippen LogP contribution < -0.4 is 14.2 Å². The van der Waals surface area contributed by atoms with Crippen LogP contribution in [0.2, 0.25) is 0 Å². The van der Waals surface area contributed by atoms with E-state index < -0.39 is 0 Å². The van der Waals surface area contributed by atoms with Gasteiger partial charge >= 0.3 is 0 Å². The summed E-state index contributed by atoms with van der Waals surface area (Å²) in [5.74, 6) is 1.61. The zero-order chi connectivity index (χ0) is 16.8. The van der Waals surface area contributed by atoms with Crippen molar-refractivity contribution in [2.24, 2.45) is 0 Å². The molecule has 0 amide bonds. The highest BCUT2D eigenvalue weighted by Gasteiger charge is 2.12. The molecule has 7 heteroatoms. The number of benzene rings is 1. The van der Waals surface area contributed by atoms with Crippen LogP contribution in [-0.2, 0) is 18.9 Å². The van der Waals surface area contributed by atoms with Crippen LogP contribution in [0.25, 0.3) is 0 Å². The Labute approximate surface area is 137 Å². The van der Waals surface area contributed by atoms with Gasteiger partial charge in [-0.15, -0.1) is 0 Å². The fraction of sp³-hybridized carbons (Fsp3) is 0.625. The second kappa shape index (κ2) is 13.0. The third-order valence-corrected chi connectivity index (χ3v) is 2.69. The van der Waals surface area contributed by atoms with E-state index in [2.05, 4.69) is 0 Å². The Morgan fingerprint density at radius 3 is 1.87 bits per heavy atom. The zero-order valence-electron chi connectivity index (χ0n) is 14.0. The van der Waals surface area contributed by atoms with E-state index in [9.17, 15) is 0 Å². The summed E-state index contributed by atoms with van der Waals surface area (Å²) in [4.78, 5) is 0. The average Bonchev–Trinajstić information content (AvgIpc) is 2.56. The molecule has 0 atom stereocenters. The Bertz CT molecular complexity index is 411. The van der Waals surface area contributed by atoms with Crippen molar-refractivity contribution in [3.8, 4) is 17.2 Å². The highest BCUT2D eigenvalue weighted by molar-refractivity contribution is 5.51. The lowest BCUT2D eigenvalue weighted by Crippen LogP contribution is -2.11. The van der Waals surface area contributed by atoms with E-state index >= 15 is 0 Å². The first-order valence-corrected chi connectivity index (χ1v) is 7.48. The molecular weight excluding hydrogens is 304 g/mol. The van der Waals surface area contributed by atoms with Gasteiger partial charge in [-0.2, -0.15) is 0 Å². The minimum Gasteiger partial charge on any atom is -0.490 e. The molecule has 0 fully saturated rings. The first-order valence-electron chi connectivity index (χ1n) is 7.48. The molecule has 132 valence electrons. The van der Waals surface area contributed by atoms with E-state index in [1.54, 1.807) is 20.3 Å². The van der Waals surface area contributed by atoms with Crippen molar-refractivity contribution in [3.63, 3.8) is 0 Å². The van der Waals surface area contributed by atoms with Crippen molar-refractivity contribution in [1.82, 2.24) is 0 Å². The molecule has 1 aromatic carbocycles. The van der Waals surface area contributed by atoms with Gasteiger partial charge in [-0.25, -0.2) is 0 Å². The minimum absolute atomic E-state index is 0.0777. The van der Waals surface area contributed by atoms with Crippen molar-refractivity contribution in [3.05, 3.63) is 18.2 Å². The molecule has 0 aromatic heterocycles. The van der Waals surface area contributed by atoms with E-state index in [1.165, 1.54) is 0 Å². The van der Waals surface area contributed by atoms with Crippen molar-refractivity contribution >= 4 is 0 Å². The van der Waals surface area contributed by atoms with Gasteiger partial charge in [0, 0.05) is 14.2 Å². The van der Waals surface area contributed by atoms with Gasteiger partial charge in [0.25, 0.3) is 0 Å².